The minimum atomic E-state index is -1.55. The van der Waals surface area contributed by atoms with Crippen molar-refractivity contribution >= 4 is 0 Å². The van der Waals surface area contributed by atoms with E-state index in [2.05, 4.69) is 14.5 Å². The molecule has 0 saturated carbocycles. The molecule has 1 atom stereocenters. The van der Waals surface area contributed by atoms with Gasteiger partial charge in [0.25, 0.3) is 30.5 Å². The van der Waals surface area contributed by atoms with E-state index in [9.17, 15) is 30.3 Å². The van der Waals surface area contributed by atoms with Gasteiger partial charge in [-0.1, -0.05) is 0 Å². The zero-order chi connectivity index (χ0) is 28.3. The lowest BCUT2D eigenvalue weighted by Crippen LogP contribution is -2.30. The molecule has 0 radical (unpaired) electrons. The van der Waals surface area contributed by atoms with Gasteiger partial charge in [0.2, 0.25) is 0 Å². The molecule has 0 amide bonds. The van der Waals surface area contributed by atoms with Crippen LogP contribution >= 0.6 is 0 Å². The lowest BCUT2D eigenvalue weighted by atomic mass is 10.3. The summed E-state index contributed by atoms with van der Waals surface area (Å²) in [4.78, 5) is 65.6. The molecule has 0 aromatic heterocycles. The van der Waals surface area contributed by atoms with Gasteiger partial charge in [-0.25, -0.2) is 0 Å². The van der Waals surface area contributed by atoms with Crippen LogP contribution in [0.2, 0.25) is 0 Å². The van der Waals surface area contributed by atoms with E-state index >= 15 is 0 Å². The molecule has 0 rings (SSSR count). The van der Waals surface area contributed by atoms with Crippen molar-refractivity contribution in [1.29, 1.82) is 0 Å². The summed E-state index contributed by atoms with van der Waals surface area (Å²) in [7, 11) is 0. The SMILES string of the molecule is O=[N+]([O-])O.O=[N+]([O-])O.O=[N+]([O-])O.O=[N+]([O-])OCC(CO[N+](=O)[O-])O[N+](=O)[O-].OCCC(O)CO. The van der Waals surface area contributed by atoms with E-state index in [1.165, 1.54) is 0 Å². The van der Waals surface area contributed by atoms with Crippen molar-refractivity contribution in [2.45, 2.75) is 18.6 Å². The molecule has 6 N–H and O–H groups in total. The van der Waals surface area contributed by atoms with Crippen molar-refractivity contribution in [3.05, 3.63) is 60.7 Å². The maximum absolute atomic E-state index is 9.83. The topological polar surface area (TPSA) is 408 Å². The third-order valence-electron chi connectivity index (χ3n) is 1.64. The lowest BCUT2D eigenvalue weighted by Gasteiger charge is -2.11. The Labute approximate surface area is 183 Å². The van der Waals surface area contributed by atoms with E-state index in [0.717, 1.165) is 0 Å². The second-order valence-corrected chi connectivity index (χ2v) is 4.05. The third-order valence-corrected chi connectivity index (χ3v) is 1.64. The summed E-state index contributed by atoms with van der Waals surface area (Å²) in [5.74, 6) is 0. The predicted molar refractivity (Wildman–Crippen MR) is 88.9 cm³/mol. The molecule has 0 aliphatic carbocycles. The van der Waals surface area contributed by atoms with Gasteiger partial charge in [-0.15, -0.1) is 60.7 Å². The highest BCUT2D eigenvalue weighted by atomic mass is 17.0. The van der Waals surface area contributed by atoms with Gasteiger partial charge in [0, 0.05) is 6.61 Å². The zero-order valence-electron chi connectivity index (χ0n) is 16.2. The normalized spacial score (nSPS) is 9.18. The average Bonchev–Trinajstić information content (AvgIpc) is 2.62. The molecule has 0 saturated heterocycles. The number of nitrogens with zero attached hydrogens (tertiary/aromatic N) is 6. The van der Waals surface area contributed by atoms with Crippen molar-refractivity contribution < 1.29 is 76.0 Å². The van der Waals surface area contributed by atoms with Crippen LogP contribution in [0, 0.1) is 60.7 Å². The first kappa shape index (κ1) is 39.5. The molecule has 0 aromatic carbocycles. The molecule has 1 unspecified atom stereocenters. The molecule has 27 nitrogen and oxygen atoms in total. The molecule has 0 fully saturated rings. The summed E-state index contributed by atoms with van der Waals surface area (Å²) in [6.45, 7) is -2.02. The highest BCUT2D eigenvalue weighted by Gasteiger charge is 2.17. The molecule has 27 heteroatoms. The van der Waals surface area contributed by atoms with Crippen molar-refractivity contribution in [2.24, 2.45) is 0 Å². The van der Waals surface area contributed by atoms with E-state index in [1.54, 1.807) is 0 Å². The summed E-state index contributed by atoms with van der Waals surface area (Å²) in [6.07, 6.45) is -2.03. The smallest absolute Gasteiger partial charge is 0.294 e. The largest absolute Gasteiger partial charge is 0.396 e. The Morgan fingerprint density at radius 2 is 0.941 bits per heavy atom. The van der Waals surface area contributed by atoms with E-state index in [-0.39, 0.29) is 19.6 Å². The first-order valence-corrected chi connectivity index (χ1v) is 7.18. The second-order valence-electron chi connectivity index (χ2n) is 4.05. The number of hydrogen-bond donors (Lipinski definition) is 6. The maximum Gasteiger partial charge on any atom is 0.294 e. The summed E-state index contributed by atoms with van der Waals surface area (Å²) >= 11 is 0. The summed E-state index contributed by atoms with van der Waals surface area (Å²) in [5.41, 5.74) is 0. The molecule has 0 heterocycles. The fraction of sp³-hybridized carbons (Fsp3) is 1.00. The average molecular weight is 522 g/mol. The first-order valence-electron chi connectivity index (χ1n) is 7.18. The Hall–Kier alpha value is -4.92. The van der Waals surface area contributed by atoms with Crippen LogP contribution < -0.4 is 0 Å². The van der Waals surface area contributed by atoms with Gasteiger partial charge in [-0.2, -0.15) is 0 Å². The van der Waals surface area contributed by atoms with Crippen LogP contribution in [-0.4, -0.2) is 100 Å². The zero-order valence-corrected chi connectivity index (χ0v) is 16.2. The van der Waals surface area contributed by atoms with Gasteiger partial charge in [0.05, 0.1) is 12.7 Å². The van der Waals surface area contributed by atoms with Crippen molar-refractivity contribution in [2.75, 3.05) is 26.4 Å². The minimum Gasteiger partial charge on any atom is -0.396 e. The van der Waals surface area contributed by atoms with E-state index in [1.807, 2.05) is 0 Å². The summed E-state index contributed by atoms with van der Waals surface area (Å²) in [5, 5.41) is 91.1. The van der Waals surface area contributed by atoms with E-state index in [0.29, 0.717) is 0 Å². The van der Waals surface area contributed by atoms with Gasteiger partial charge in [0.1, 0.15) is 13.2 Å². The summed E-state index contributed by atoms with van der Waals surface area (Å²) < 4.78 is 0. The monoisotopic (exact) mass is 522 g/mol. The van der Waals surface area contributed by atoms with Gasteiger partial charge < -0.3 is 45.5 Å². The van der Waals surface area contributed by atoms with E-state index < -0.39 is 55.9 Å². The Morgan fingerprint density at radius 1 is 0.647 bits per heavy atom. The minimum absolute atomic E-state index is 0.0677. The number of hydrogen-bond acceptors (Lipinski definition) is 18. The van der Waals surface area contributed by atoms with Crippen LogP contribution in [0.4, 0.5) is 0 Å². The van der Waals surface area contributed by atoms with Gasteiger partial charge in [-0.05, 0) is 6.42 Å². The Morgan fingerprint density at radius 3 is 1.09 bits per heavy atom. The van der Waals surface area contributed by atoms with Gasteiger partial charge >= 0.3 is 0 Å². The molecule has 34 heavy (non-hydrogen) atoms. The molecule has 0 bridgehead atoms. The fourth-order valence-electron chi connectivity index (χ4n) is 0.759. The maximum atomic E-state index is 9.83. The first-order chi connectivity index (χ1) is 15.4. The number of aliphatic hydroxyl groups is 3. The highest BCUT2D eigenvalue weighted by Crippen LogP contribution is 1.96. The van der Waals surface area contributed by atoms with Crippen LogP contribution in [-0.2, 0) is 14.5 Å². The molecule has 0 aliphatic rings. The van der Waals surface area contributed by atoms with Crippen LogP contribution in [0.15, 0.2) is 0 Å². The molecule has 0 spiro atoms. The molecule has 202 valence electrons. The fourth-order valence-corrected chi connectivity index (χ4v) is 0.759. The second kappa shape index (κ2) is 28.1. The highest BCUT2D eigenvalue weighted by molar-refractivity contribution is 4.49. The van der Waals surface area contributed by atoms with Gasteiger partial charge in [-0.3, -0.25) is 0 Å². The molecule has 0 aliphatic heterocycles. The van der Waals surface area contributed by atoms with Crippen molar-refractivity contribution in [3.63, 3.8) is 0 Å². The Kier molecular flexibility index (Phi) is 32.7. The number of aliphatic hydroxyl groups excluding tert-OH is 3. The quantitative estimate of drug-likeness (QED) is 0.114. The standard InChI is InChI=1S/C4H10O3.C3H5N3O9.3HNO3/c5-2-1-4(7)3-6;7-4(8)13-1-3(15-6(11)12)2-14-5(9)10;3*2-1(3)4/h4-7H,1-3H2;3H,1-2H2;3*(H,2,3,4). The van der Waals surface area contributed by atoms with Crippen LogP contribution in [0.25, 0.3) is 0 Å². The third kappa shape index (κ3) is 92.9. The van der Waals surface area contributed by atoms with Crippen LogP contribution in [0.5, 0.6) is 0 Å². The van der Waals surface area contributed by atoms with E-state index in [4.69, 9.17) is 61.3 Å². The van der Waals surface area contributed by atoms with Crippen LogP contribution in [0.3, 0.4) is 0 Å². The Balaban J connectivity index is -0.000000122. The predicted octanol–water partition coefficient (Wildman–Crippen LogP) is -3.34. The number of rotatable bonds is 11. The van der Waals surface area contributed by atoms with Crippen LogP contribution in [0.1, 0.15) is 6.42 Å². The van der Waals surface area contributed by atoms with Crippen molar-refractivity contribution in [1.82, 2.24) is 0 Å². The molecular weight excluding hydrogens is 504 g/mol. The molecular formula is C7H18N6O21. The molecule has 0 aromatic rings. The lowest BCUT2D eigenvalue weighted by molar-refractivity contribution is -0.803. The van der Waals surface area contributed by atoms with Crippen molar-refractivity contribution in [3.8, 4) is 0 Å². The van der Waals surface area contributed by atoms with Gasteiger partial charge in [0.15, 0.2) is 6.10 Å². The Bertz CT molecular complexity index is 527. The summed E-state index contributed by atoms with van der Waals surface area (Å²) in [6, 6.07) is 0.